The first-order valence-electron chi connectivity index (χ1n) is 5.22. The third kappa shape index (κ3) is 5.59. The van der Waals surface area contributed by atoms with Gasteiger partial charge in [-0.3, -0.25) is 4.99 Å². The molecule has 0 fully saturated rings. The summed E-state index contributed by atoms with van der Waals surface area (Å²) in [6.45, 7) is 1.74. The third-order valence-electron chi connectivity index (χ3n) is 2.05. The lowest BCUT2D eigenvalue weighted by atomic mass is 10.4. The molecule has 18 heavy (non-hydrogen) atoms. The van der Waals surface area contributed by atoms with E-state index in [1.54, 1.807) is 19.1 Å². The van der Waals surface area contributed by atoms with E-state index >= 15 is 0 Å². The number of hydrogen-bond donors (Lipinski definition) is 1. The van der Waals surface area contributed by atoms with Crippen LogP contribution in [0.4, 0.5) is 4.39 Å². The Hall–Kier alpha value is -0.950. The number of nitrogens with zero attached hydrogens (tertiary/aromatic N) is 1. The van der Waals surface area contributed by atoms with Crippen LogP contribution in [-0.2, 0) is 9.84 Å². The highest BCUT2D eigenvalue weighted by molar-refractivity contribution is 9.10. The molecule has 1 aliphatic heterocycles. The van der Waals surface area contributed by atoms with Crippen LogP contribution in [0.3, 0.4) is 0 Å². The molecule has 1 aliphatic rings. The molecule has 0 spiro atoms. The monoisotopic (exact) mass is 336 g/mol. The summed E-state index contributed by atoms with van der Waals surface area (Å²) in [6, 6.07) is 5.97. The van der Waals surface area contributed by atoms with Crippen molar-refractivity contribution < 1.29 is 12.8 Å². The summed E-state index contributed by atoms with van der Waals surface area (Å²) in [4.78, 5) is 3.89. The Kier molecular flexibility index (Phi) is 5.28. The average molecular weight is 337 g/mol. The van der Waals surface area contributed by atoms with Crippen molar-refractivity contribution in [2.45, 2.75) is 13.0 Å². The van der Waals surface area contributed by atoms with Crippen LogP contribution in [0.25, 0.3) is 0 Å². The largest absolute Gasteiger partial charge is 0.387 e. The predicted octanol–water partition coefficient (Wildman–Crippen LogP) is 1.75. The van der Waals surface area contributed by atoms with Gasteiger partial charge in [0.25, 0.3) is 0 Å². The molecule has 7 heteroatoms. The molecule has 1 aromatic carbocycles. The van der Waals surface area contributed by atoms with Gasteiger partial charge in [-0.1, -0.05) is 15.9 Å². The molecule has 4 nitrogen and oxygen atoms in total. The molecular weight excluding hydrogens is 323 g/mol. The van der Waals surface area contributed by atoms with Gasteiger partial charge in [0.2, 0.25) is 0 Å². The molecule has 0 aliphatic carbocycles. The van der Waals surface area contributed by atoms with E-state index in [1.807, 2.05) is 0 Å². The highest BCUT2D eigenvalue weighted by Gasteiger charge is 2.21. The zero-order valence-corrected chi connectivity index (χ0v) is 12.2. The van der Waals surface area contributed by atoms with Crippen molar-refractivity contribution in [3.05, 3.63) is 34.6 Å². The van der Waals surface area contributed by atoms with E-state index in [0.29, 0.717) is 0 Å². The standard InChI is InChI=1S/C6H4BrF.C5H10N2O2S/c7-5-1-3-6(8)4-2-5;1-4-2-10(8,9)3-5(6)7-4/h1-4H;4H,2-3H2,1H3,(H2,6,7). The van der Waals surface area contributed by atoms with Crippen molar-refractivity contribution in [1.29, 1.82) is 0 Å². The maximum atomic E-state index is 12.1. The highest BCUT2D eigenvalue weighted by atomic mass is 79.9. The van der Waals surface area contributed by atoms with Crippen LogP contribution in [0.15, 0.2) is 33.7 Å². The number of benzene rings is 1. The van der Waals surface area contributed by atoms with Gasteiger partial charge in [0.05, 0.1) is 11.8 Å². The third-order valence-corrected chi connectivity index (χ3v) is 4.31. The van der Waals surface area contributed by atoms with Crippen molar-refractivity contribution in [1.82, 2.24) is 0 Å². The summed E-state index contributed by atoms with van der Waals surface area (Å²) < 4.78 is 34.8. The maximum Gasteiger partial charge on any atom is 0.159 e. The first kappa shape index (κ1) is 15.1. The molecule has 2 rings (SSSR count). The maximum absolute atomic E-state index is 12.1. The molecule has 2 N–H and O–H groups in total. The second kappa shape index (κ2) is 6.29. The summed E-state index contributed by atoms with van der Waals surface area (Å²) in [5, 5.41) is 0. The highest BCUT2D eigenvalue weighted by Crippen LogP contribution is 2.08. The zero-order chi connectivity index (χ0) is 13.8. The fraction of sp³-hybridized carbons (Fsp3) is 0.364. The molecule has 0 amide bonds. The normalized spacial score (nSPS) is 21.5. The molecule has 0 aromatic heterocycles. The predicted molar refractivity (Wildman–Crippen MR) is 73.8 cm³/mol. The molecule has 0 radical (unpaired) electrons. The molecule has 1 unspecified atom stereocenters. The van der Waals surface area contributed by atoms with Crippen molar-refractivity contribution in [2.24, 2.45) is 10.7 Å². The van der Waals surface area contributed by atoms with Gasteiger partial charge in [-0.2, -0.15) is 0 Å². The molecule has 1 heterocycles. The van der Waals surface area contributed by atoms with Crippen LogP contribution in [0.2, 0.25) is 0 Å². The lowest BCUT2D eigenvalue weighted by molar-refractivity contribution is 0.591. The summed E-state index contributed by atoms with van der Waals surface area (Å²) in [5.41, 5.74) is 5.27. The first-order chi connectivity index (χ1) is 8.28. The van der Waals surface area contributed by atoms with Crippen LogP contribution in [0.1, 0.15) is 6.92 Å². The number of nitrogens with two attached hydrogens (primary N) is 1. The van der Waals surface area contributed by atoms with Crippen LogP contribution < -0.4 is 5.73 Å². The van der Waals surface area contributed by atoms with Gasteiger partial charge in [-0.05, 0) is 31.2 Å². The van der Waals surface area contributed by atoms with E-state index in [9.17, 15) is 12.8 Å². The van der Waals surface area contributed by atoms with Gasteiger partial charge >= 0.3 is 0 Å². The lowest BCUT2D eigenvalue weighted by Gasteiger charge is -2.14. The Bertz CT molecular complexity index is 507. The fourth-order valence-electron chi connectivity index (χ4n) is 1.44. The SMILES string of the molecule is CC1CS(=O)(=O)CC(N)=N1.Fc1ccc(Br)cc1. The Morgan fingerprint density at radius 2 is 1.94 bits per heavy atom. The Labute approximate surface area is 114 Å². The van der Waals surface area contributed by atoms with Crippen LogP contribution in [0.5, 0.6) is 0 Å². The van der Waals surface area contributed by atoms with Crippen LogP contribution >= 0.6 is 15.9 Å². The molecule has 0 saturated carbocycles. The number of aliphatic imine (C=N–C) groups is 1. The van der Waals surface area contributed by atoms with Gasteiger partial charge in [0.15, 0.2) is 9.84 Å². The Balaban J connectivity index is 0.000000184. The van der Waals surface area contributed by atoms with Gasteiger partial charge in [-0.25, -0.2) is 12.8 Å². The van der Waals surface area contributed by atoms with Gasteiger partial charge in [-0.15, -0.1) is 0 Å². The molecule has 1 aromatic rings. The number of rotatable bonds is 0. The zero-order valence-electron chi connectivity index (χ0n) is 9.81. The second-order valence-corrected chi connectivity index (χ2v) is 6.99. The molecule has 100 valence electrons. The van der Waals surface area contributed by atoms with E-state index in [-0.39, 0.29) is 29.2 Å². The minimum atomic E-state index is -2.94. The Morgan fingerprint density at radius 1 is 1.39 bits per heavy atom. The number of hydrogen-bond acceptors (Lipinski definition) is 4. The van der Waals surface area contributed by atoms with E-state index in [2.05, 4.69) is 20.9 Å². The number of halogens is 2. The van der Waals surface area contributed by atoms with E-state index in [0.717, 1.165) is 4.47 Å². The van der Waals surface area contributed by atoms with Gasteiger partial charge in [0, 0.05) is 4.47 Å². The minimum absolute atomic E-state index is 0.0721. The van der Waals surface area contributed by atoms with Gasteiger partial charge < -0.3 is 5.73 Å². The summed E-state index contributed by atoms with van der Waals surface area (Å²) in [6.07, 6.45) is 0. The van der Waals surface area contributed by atoms with Crippen LogP contribution in [0, 0.1) is 5.82 Å². The first-order valence-corrected chi connectivity index (χ1v) is 7.83. The van der Waals surface area contributed by atoms with Crippen molar-refractivity contribution in [2.75, 3.05) is 11.5 Å². The van der Waals surface area contributed by atoms with E-state index in [1.165, 1.54) is 12.1 Å². The Morgan fingerprint density at radius 3 is 2.33 bits per heavy atom. The summed E-state index contributed by atoms with van der Waals surface area (Å²) in [7, 11) is -2.94. The van der Waals surface area contributed by atoms with Crippen LogP contribution in [-0.4, -0.2) is 31.8 Å². The fourth-order valence-corrected chi connectivity index (χ4v) is 3.16. The van der Waals surface area contributed by atoms with Crippen molar-refractivity contribution in [3.8, 4) is 0 Å². The van der Waals surface area contributed by atoms with Crippen molar-refractivity contribution >= 4 is 31.6 Å². The second-order valence-electron chi connectivity index (χ2n) is 3.96. The quantitative estimate of drug-likeness (QED) is 0.784. The van der Waals surface area contributed by atoms with E-state index < -0.39 is 9.84 Å². The number of sulfone groups is 1. The topological polar surface area (TPSA) is 72.5 Å². The summed E-state index contributed by atoms with van der Waals surface area (Å²) >= 11 is 3.18. The van der Waals surface area contributed by atoms with Gasteiger partial charge in [0.1, 0.15) is 17.4 Å². The minimum Gasteiger partial charge on any atom is -0.387 e. The molecule has 0 bridgehead atoms. The molecular formula is C11H14BrFN2O2S. The number of amidine groups is 1. The molecule has 1 atom stereocenters. The molecule has 0 saturated heterocycles. The summed E-state index contributed by atoms with van der Waals surface area (Å²) in [5.74, 6) is 0.0948. The van der Waals surface area contributed by atoms with E-state index in [4.69, 9.17) is 5.73 Å². The average Bonchev–Trinajstić information content (AvgIpc) is 2.19. The smallest absolute Gasteiger partial charge is 0.159 e. The van der Waals surface area contributed by atoms with Crippen molar-refractivity contribution in [3.63, 3.8) is 0 Å². The lowest BCUT2D eigenvalue weighted by Crippen LogP contribution is -2.35.